The number of hydrogen-bond donors (Lipinski definition) is 0. The van der Waals surface area contributed by atoms with Gasteiger partial charge >= 0.3 is 0 Å². The maximum absolute atomic E-state index is 5.93. The average Bonchev–Trinajstić information content (AvgIpc) is 2.68. The third-order valence-electron chi connectivity index (χ3n) is 7.43. The lowest BCUT2D eigenvalue weighted by atomic mass is 9.62. The molecule has 0 saturated heterocycles. The van der Waals surface area contributed by atoms with Crippen LogP contribution in [-0.4, -0.2) is 19.3 Å². The minimum Gasteiger partial charge on any atom is -0.494 e. The van der Waals surface area contributed by atoms with Crippen molar-refractivity contribution in [2.24, 2.45) is 23.7 Å². The molecule has 144 valence electrons. The van der Waals surface area contributed by atoms with Gasteiger partial charge in [0, 0.05) is 6.61 Å². The Morgan fingerprint density at radius 2 is 1.58 bits per heavy atom. The van der Waals surface area contributed by atoms with Crippen LogP contribution in [0.15, 0.2) is 18.2 Å². The van der Waals surface area contributed by atoms with Crippen LogP contribution in [0.3, 0.4) is 0 Å². The number of benzene rings is 1. The van der Waals surface area contributed by atoms with E-state index in [1.54, 1.807) is 5.56 Å². The highest BCUT2D eigenvalue weighted by molar-refractivity contribution is 5.37. The first kappa shape index (κ1) is 18.3. The summed E-state index contributed by atoms with van der Waals surface area (Å²) in [7, 11) is 0. The van der Waals surface area contributed by atoms with E-state index in [2.05, 4.69) is 32.0 Å². The monoisotopic (exact) mass is 356 g/mol. The number of ether oxygens (including phenoxy) is 2. The minimum atomic E-state index is 0.555. The van der Waals surface area contributed by atoms with Crippen molar-refractivity contribution in [1.29, 1.82) is 0 Å². The van der Waals surface area contributed by atoms with Crippen LogP contribution in [0, 0.1) is 23.7 Å². The number of fused-ring (bicyclic) bond motifs is 2. The molecule has 3 aliphatic rings. The number of aryl methyl sites for hydroxylation is 1. The molecule has 3 unspecified atom stereocenters. The van der Waals surface area contributed by atoms with Crippen LogP contribution in [-0.2, 0) is 17.6 Å². The summed E-state index contributed by atoms with van der Waals surface area (Å²) in [5.41, 5.74) is 3.13. The fraction of sp³-hybridized carbons (Fsp3) is 0.750. The van der Waals surface area contributed by atoms with Gasteiger partial charge in [-0.05, 0) is 119 Å². The van der Waals surface area contributed by atoms with Crippen LogP contribution in [0.1, 0.15) is 69.9 Å². The lowest BCUT2D eigenvalue weighted by molar-refractivity contribution is -0.0192. The topological polar surface area (TPSA) is 18.5 Å². The molecule has 0 radical (unpaired) electrons. The largest absolute Gasteiger partial charge is 0.494 e. The molecule has 3 aliphatic carbocycles. The zero-order valence-corrected chi connectivity index (χ0v) is 16.7. The summed E-state index contributed by atoms with van der Waals surface area (Å²) in [5.74, 6) is 4.84. The van der Waals surface area contributed by atoms with Crippen LogP contribution in [0.25, 0.3) is 0 Å². The highest BCUT2D eigenvalue weighted by Gasteiger charge is 2.38. The third kappa shape index (κ3) is 3.96. The summed E-state index contributed by atoms with van der Waals surface area (Å²) in [4.78, 5) is 0. The molecular formula is C24H36O2. The van der Waals surface area contributed by atoms with Crippen LogP contribution in [0.2, 0.25) is 0 Å². The van der Waals surface area contributed by atoms with E-state index in [0.717, 1.165) is 42.6 Å². The maximum atomic E-state index is 5.93. The van der Waals surface area contributed by atoms with Crippen LogP contribution in [0.5, 0.6) is 5.75 Å². The molecule has 26 heavy (non-hydrogen) atoms. The van der Waals surface area contributed by atoms with Crippen molar-refractivity contribution < 1.29 is 9.47 Å². The predicted molar refractivity (Wildman–Crippen MR) is 107 cm³/mol. The van der Waals surface area contributed by atoms with E-state index in [4.69, 9.17) is 9.47 Å². The Balaban J connectivity index is 1.35. The minimum absolute atomic E-state index is 0.555. The molecular weight excluding hydrogens is 320 g/mol. The molecule has 0 aromatic heterocycles. The molecule has 0 aliphatic heterocycles. The highest BCUT2D eigenvalue weighted by atomic mass is 16.5. The Kier molecular flexibility index (Phi) is 5.88. The zero-order chi connectivity index (χ0) is 17.9. The first-order valence-corrected chi connectivity index (χ1v) is 11.1. The van der Waals surface area contributed by atoms with Gasteiger partial charge in [-0.25, -0.2) is 0 Å². The Morgan fingerprint density at radius 3 is 2.38 bits per heavy atom. The summed E-state index contributed by atoms with van der Waals surface area (Å²) in [6.07, 6.45) is 12.9. The lowest BCUT2D eigenvalue weighted by Gasteiger charge is -2.44. The molecule has 1 aromatic rings. The van der Waals surface area contributed by atoms with Gasteiger partial charge in [-0.3, -0.25) is 0 Å². The van der Waals surface area contributed by atoms with Gasteiger partial charge in [0.15, 0.2) is 0 Å². The van der Waals surface area contributed by atoms with E-state index in [1.165, 1.54) is 63.4 Å². The van der Waals surface area contributed by atoms with Crippen molar-refractivity contribution in [2.45, 2.75) is 77.7 Å². The van der Waals surface area contributed by atoms with E-state index in [-0.39, 0.29) is 0 Å². The van der Waals surface area contributed by atoms with Gasteiger partial charge in [0.1, 0.15) is 5.75 Å². The Labute approximate surface area is 159 Å². The molecule has 0 bridgehead atoms. The first-order valence-electron chi connectivity index (χ1n) is 11.1. The molecule has 2 nitrogen and oxygen atoms in total. The molecule has 0 spiro atoms. The summed E-state index contributed by atoms with van der Waals surface area (Å²) < 4.78 is 11.6. The second kappa shape index (κ2) is 8.33. The molecule has 2 saturated carbocycles. The van der Waals surface area contributed by atoms with Gasteiger partial charge in [-0.15, -0.1) is 0 Å². The van der Waals surface area contributed by atoms with Crippen molar-refractivity contribution in [3.8, 4) is 5.75 Å². The average molecular weight is 357 g/mol. The standard InChI is InChI=1S/C24H36O2/c1-3-25-23-11-9-19-13-17(5-7-21(19)15-23)18-6-8-22-16-24(26-4-2)12-10-20(22)14-18/h9,11,15,17-18,20,22,24H,3-8,10,12-14,16H2,1-2H3/t17?,18?,20-,22?,24-/m1/s1. The Hall–Kier alpha value is -1.02. The van der Waals surface area contributed by atoms with Crippen molar-refractivity contribution in [3.63, 3.8) is 0 Å². The van der Waals surface area contributed by atoms with Crippen molar-refractivity contribution in [1.82, 2.24) is 0 Å². The van der Waals surface area contributed by atoms with Gasteiger partial charge in [0.2, 0.25) is 0 Å². The smallest absolute Gasteiger partial charge is 0.119 e. The Morgan fingerprint density at radius 1 is 0.808 bits per heavy atom. The van der Waals surface area contributed by atoms with Gasteiger partial charge in [-0.1, -0.05) is 6.07 Å². The molecule has 5 atom stereocenters. The van der Waals surface area contributed by atoms with Crippen molar-refractivity contribution in [2.75, 3.05) is 13.2 Å². The summed E-state index contributed by atoms with van der Waals surface area (Å²) in [6, 6.07) is 6.81. The van der Waals surface area contributed by atoms with E-state index in [1.807, 2.05) is 0 Å². The van der Waals surface area contributed by atoms with Gasteiger partial charge in [0.25, 0.3) is 0 Å². The van der Waals surface area contributed by atoms with E-state index >= 15 is 0 Å². The van der Waals surface area contributed by atoms with Gasteiger partial charge in [0.05, 0.1) is 12.7 Å². The summed E-state index contributed by atoms with van der Waals surface area (Å²) in [6.45, 7) is 5.85. The van der Waals surface area contributed by atoms with Crippen molar-refractivity contribution in [3.05, 3.63) is 29.3 Å². The van der Waals surface area contributed by atoms with E-state index < -0.39 is 0 Å². The molecule has 0 heterocycles. The van der Waals surface area contributed by atoms with E-state index in [0.29, 0.717) is 6.10 Å². The molecule has 0 amide bonds. The predicted octanol–water partition coefficient (Wildman–Crippen LogP) is 5.81. The van der Waals surface area contributed by atoms with E-state index in [9.17, 15) is 0 Å². The SMILES string of the molecule is CCOc1ccc2c(c1)CCC(C1CCC3C[C@H](OCC)CC[C@@H]3C1)C2. The maximum Gasteiger partial charge on any atom is 0.119 e. The fourth-order valence-corrected chi connectivity index (χ4v) is 6.12. The molecule has 0 N–H and O–H groups in total. The molecule has 2 fully saturated rings. The summed E-state index contributed by atoms with van der Waals surface area (Å²) in [5, 5.41) is 0. The second-order valence-corrected chi connectivity index (χ2v) is 8.85. The van der Waals surface area contributed by atoms with Gasteiger partial charge in [-0.2, -0.15) is 0 Å². The summed E-state index contributed by atoms with van der Waals surface area (Å²) >= 11 is 0. The molecule has 4 rings (SSSR count). The van der Waals surface area contributed by atoms with Crippen molar-refractivity contribution >= 4 is 0 Å². The number of hydrogen-bond acceptors (Lipinski definition) is 2. The lowest BCUT2D eigenvalue weighted by Crippen LogP contribution is -2.37. The van der Waals surface area contributed by atoms with Crippen LogP contribution < -0.4 is 4.74 Å². The normalized spacial score (nSPS) is 34.0. The molecule has 2 heteroatoms. The van der Waals surface area contributed by atoms with Gasteiger partial charge < -0.3 is 9.47 Å². The second-order valence-electron chi connectivity index (χ2n) is 8.85. The Bertz CT molecular complexity index is 596. The third-order valence-corrected chi connectivity index (χ3v) is 7.43. The van der Waals surface area contributed by atoms with Crippen LogP contribution in [0.4, 0.5) is 0 Å². The highest BCUT2D eigenvalue weighted by Crippen LogP contribution is 2.47. The fourth-order valence-electron chi connectivity index (χ4n) is 6.12. The van der Waals surface area contributed by atoms with Crippen LogP contribution >= 0.6 is 0 Å². The quantitative estimate of drug-likeness (QED) is 0.662. The molecule has 1 aromatic carbocycles. The number of rotatable bonds is 5. The first-order chi connectivity index (χ1) is 12.8. The zero-order valence-electron chi connectivity index (χ0n) is 16.7.